The van der Waals surface area contributed by atoms with E-state index in [-0.39, 0.29) is 6.04 Å². The molecule has 25 heavy (non-hydrogen) atoms. The summed E-state index contributed by atoms with van der Waals surface area (Å²) in [5.41, 5.74) is -0.743. The van der Waals surface area contributed by atoms with Crippen LogP contribution in [0.3, 0.4) is 0 Å². The van der Waals surface area contributed by atoms with E-state index >= 15 is 0 Å². The Hall–Kier alpha value is -1.79. The number of hydrogen-bond donors (Lipinski definition) is 1. The molecule has 5 unspecified atom stereocenters. The molecule has 0 radical (unpaired) electrons. The van der Waals surface area contributed by atoms with E-state index in [1.54, 1.807) is 0 Å². The molecule has 0 saturated heterocycles. The fourth-order valence-electron chi connectivity index (χ4n) is 5.41. The number of nitrogens with one attached hydrogen (secondary N) is 1. The molecule has 1 N–H and O–H groups in total. The van der Waals surface area contributed by atoms with Gasteiger partial charge in [-0.2, -0.15) is 8.78 Å². The number of fused-ring (bicyclic) bond motifs is 5. The van der Waals surface area contributed by atoms with Crippen molar-refractivity contribution in [1.29, 1.82) is 0 Å². The molecule has 7 heteroatoms. The van der Waals surface area contributed by atoms with Crippen LogP contribution >= 0.6 is 0 Å². The Morgan fingerprint density at radius 3 is 2.44 bits per heavy atom. The fourth-order valence-corrected chi connectivity index (χ4v) is 5.41. The number of rotatable bonds is 4. The van der Waals surface area contributed by atoms with Crippen LogP contribution in [0.15, 0.2) is 12.1 Å². The molecule has 0 heterocycles. The predicted octanol–water partition coefficient (Wildman–Crippen LogP) is 4.12. The van der Waals surface area contributed by atoms with Crippen molar-refractivity contribution in [1.82, 2.24) is 5.32 Å². The van der Waals surface area contributed by atoms with E-state index < -0.39 is 35.5 Å². The highest BCUT2D eigenvalue weighted by molar-refractivity contribution is 5.95. The van der Waals surface area contributed by atoms with E-state index in [9.17, 15) is 22.4 Å². The van der Waals surface area contributed by atoms with Gasteiger partial charge in [0.1, 0.15) is 22.9 Å². The number of benzene rings is 1. The first kappa shape index (κ1) is 16.7. The van der Waals surface area contributed by atoms with Crippen LogP contribution in [0.5, 0.6) is 5.75 Å². The van der Waals surface area contributed by atoms with Gasteiger partial charge in [0, 0.05) is 18.2 Å². The van der Waals surface area contributed by atoms with Crippen LogP contribution in [0.2, 0.25) is 0 Å². The summed E-state index contributed by atoms with van der Waals surface area (Å²) in [5, 5.41) is 2.77. The average molecular weight is 357 g/mol. The second-order valence-electron chi connectivity index (χ2n) is 7.37. The largest absolute Gasteiger partial charge is 0.435 e. The first-order valence-corrected chi connectivity index (χ1v) is 8.68. The van der Waals surface area contributed by atoms with E-state index in [1.165, 1.54) is 19.3 Å². The molecule has 0 spiro atoms. The van der Waals surface area contributed by atoms with Crippen molar-refractivity contribution >= 4 is 5.91 Å². The van der Waals surface area contributed by atoms with E-state index in [4.69, 9.17) is 0 Å². The summed E-state index contributed by atoms with van der Waals surface area (Å²) in [7, 11) is 0. The third kappa shape index (κ3) is 2.87. The lowest BCUT2D eigenvalue weighted by Gasteiger charge is -2.32. The van der Waals surface area contributed by atoms with Gasteiger partial charge in [-0.15, -0.1) is 0 Å². The Morgan fingerprint density at radius 2 is 1.76 bits per heavy atom. The Balaban J connectivity index is 1.48. The minimum atomic E-state index is -3.19. The topological polar surface area (TPSA) is 38.3 Å². The van der Waals surface area contributed by atoms with Gasteiger partial charge in [0.05, 0.1) is 0 Å². The van der Waals surface area contributed by atoms with Gasteiger partial charge in [-0.05, 0) is 49.4 Å². The maximum absolute atomic E-state index is 14.1. The summed E-state index contributed by atoms with van der Waals surface area (Å²) in [6.45, 7) is -3.19. The lowest BCUT2D eigenvalue weighted by Crippen LogP contribution is -2.43. The number of ether oxygens (including phenoxy) is 1. The first-order valence-electron chi connectivity index (χ1n) is 8.68. The molecule has 3 saturated carbocycles. The lowest BCUT2D eigenvalue weighted by atomic mass is 9.79. The fraction of sp³-hybridized carbons (Fsp3) is 0.611. The second kappa shape index (κ2) is 6.18. The molecule has 3 fully saturated rings. The quantitative estimate of drug-likeness (QED) is 0.823. The summed E-state index contributed by atoms with van der Waals surface area (Å²) < 4.78 is 56.4. The Labute approximate surface area is 142 Å². The van der Waals surface area contributed by atoms with E-state index in [1.807, 2.05) is 0 Å². The number of hydrogen-bond acceptors (Lipinski definition) is 2. The predicted molar refractivity (Wildman–Crippen MR) is 81.3 cm³/mol. The average Bonchev–Trinajstić information content (AvgIpc) is 3.17. The summed E-state index contributed by atoms with van der Waals surface area (Å²) in [6.07, 6.45) is 5.57. The van der Waals surface area contributed by atoms with Crippen LogP contribution in [0.1, 0.15) is 42.5 Å². The van der Waals surface area contributed by atoms with Gasteiger partial charge in [-0.3, -0.25) is 4.79 Å². The lowest BCUT2D eigenvalue weighted by molar-refractivity contribution is -0.0501. The van der Waals surface area contributed by atoms with Gasteiger partial charge in [0.15, 0.2) is 0 Å². The zero-order chi connectivity index (χ0) is 17.7. The van der Waals surface area contributed by atoms with E-state index in [0.717, 1.165) is 18.8 Å². The highest BCUT2D eigenvalue weighted by atomic mass is 19.3. The summed E-state index contributed by atoms with van der Waals surface area (Å²) in [4.78, 5) is 12.4. The summed E-state index contributed by atoms with van der Waals surface area (Å²) >= 11 is 0. The van der Waals surface area contributed by atoms with Crippen molar-refractivity contribution in [2.24, 2.45) is 23.7 Å². The third-order valence-electron chi connectivity index (χ3n) is 6.21. The zero-order valence-corrected chi connectivity index (χ0v) is 13.5. The smallest absolute Gasteiger partial charge is 0.387 e. The Morgan fingerprint density at radius 1 is 1.08 bits per heavy atom. The van der Waals surface area contributed by atoms with Crippen LogP contribution < -0.4 is 10.1 Å². The summed E-state index contributed by atoms with van der Waals surface area (Å²) in [6, 6.07) is 1.16. The molecule has 3 aliphatic carbocycles. The minimum Gasteiger partial charge on any atom is -0.435 e. The molecular formula is C18H19F4NO2. The molecule has 3 aliphatic rings. The molecule has 1 aromatic rings. The number of carbonyl (C=O) groups is 1. The second-order valence-corrected chi connectivity index (χ2v) is 7.37. The molecule has 0 aromatic heterocycles. The molecule has 1 amide bonds. The van der Waals surface area contributed by atoms with E-state index in [0.29, 0.717) is 29.9 Å². The van der Waals surface area contributed by atoms with Crippen LogP contribution in [-0.2, 0) is 0 Å². The van der Waals surface area contributed by atoms with Crippen molar-refractivity contribution in [3.05, 3.63) is 29.3 Å². The standard InChI is InChI=1S/C18H19F4NO2/c19-13-6-9(25-18(21)22)7-14(20)16(13)17(24)23-15-5-8-4-12(15)11-3-1-2-10(8)11/h6-8,10-12,15,18H,1-5H2,(H,23,24). The normalized spacial score (nSPS) is 32.9. The SMILES string of the molecule is O=C(NC1CC2CC1C1CCCC21)c1c(F)cc(OC(F)F)cc1F. The summed E-state index contributed by atoms with van der Waals surface area (Å²) in [5.74, 6) is -1.53. The zero-order valence-electron chi connectivity index (χ0n) is 13.5. The van der Waals surface area contributed by atoms with Crippen LogP contribution in [0.25, 0.3) is 0 Å². The third-order valence-corrected chi connectivity index (χ3v) is 6.21. The molecule has 0 aliphatic heterocycles. The number of halogens is 4. The molecule has 136 valence electrons. The number of alkyl halides is 2. The molecule has 4 rings (SSSR count). The van der Waals surface area contributed by atoms with Crippen molar-refractivity contribution in [3.8, 4) is 5.75 Å². The molecular weight excluding hydrogens is 338 g/mol. The highest BCUT2D eigenvalue weighted by Gasteiger charge is 2.54. The van der Waals surface area contributed by atoms with Gasteiger partial charge in [0.25, 0.3) is 5.91 Å². The van der Waals surface area contributed by atoms with E-state index in [2.05, 4.69) is 10.1 Å². The van der Waals surface area contributed by atoms with Crippen molar-refractivity contribution in [3.63, 3.8) is 0 Å². The monoisotopic (exact) mass is 357 g/mol. The minimum absolute atomic E-state index is 0.0624. The number of amides is 1. The maximum atomic E-state index is 14.1. The van der Waals surface area contributed by atoms with Crippen molar-refractivity contribution < 1.29 is 27.1 Å². The van der Waals surface area contributed by atoms with Crippen LogP contribution in [0.4, 0.5) is 17.6 Å². The molecule has 2 bridgehead atoms. The first-order chi connectivity index (χ1) is 11.9. The van der Waals surface area contributed by atoms with Gasteiger partial charge in [0.2, 0.25) is 0 Å². The molecule has 1 aromatic carbocycles. The highest BCUT2D eigenvalue weighted by Crippen LogP contribution is 2.58. The maximum Gasteiger partial charge on any atom is 0.387 e. The Kier molecular flexibility index (Phi) is 4.12. The Bertz CT molecular complexity index is 673. The number of carbonyl (C=O) groups excluding carboxylic acids is 1. The van der Waals surface area contributed by atoms with Crippen molar-refractivity contribution in [2.45, 2.75) is 44.8 Å². The van der Waals surface area contributed by atoms with Crippen LogP contribution in [-0.4, -0.2) is 18.6 Å². The molecule has 3 nitrogen and oxygen atoms in total. The van der Waals surface area contributed by atoms with Gasteiger partial charge < -0.3 is 10.1 Å². The van der Waals surface area contributed by atoms with Crippen molar-refractivity contribution in [2.75, 3.05) is 0 Å². The van der Waals surface area contributed by atoms with Gasteiger partial charge >= 0.3 is 6.61 Å². The van der Waals surface area contributed by atoms with Gasteiger partial charge in [-0.1, -0.05) is 6.42 Å². The van der Waals surface area contributed by atoms with Crippen LogP contribution in [0, 0.1) is 35.3 Å². The van der Waals surface area contributed by atoms with Gasteiger partial charge in [-0.25, -0.2) is 8.78 Å². The molecule has 5 atom stereocenters.